The molecule has 0 aliphatic heterocycles. The fourth-order valence-electron chi connectivity index (χ4n) is 1.25. The Labute approximate surface area is 112 Å². The molecule has 0 aliphatic carbocycles. The Morgan fingerprint density at radius 2 is 2.06 bits per heavy atom. The monoisotopic (exact) mass is 299 g/mol. The van der Waals surface area contributed by atoms with E-state index < -0.39 is 10.0 Å². The molecule has 17 heavy (non-hydrogen) atoms. The van der Waals surface area contributed by atoms with Gasteiger partial charge in [-0.1, -0.05) is 0 Å². The van der Waals surface area contributed by atoms with E-state index in [9.17, 15) is 8.42 Å². The van der Waals surface area contributed by atoms with Gasteiger partial charge in [0, 0.05) is 12.6 Å². The molecule has 0 radical (unpaired) electrons. The van der Waals surface area contributed by atoms with Crippen molar-refractivity contribution in [1.82, 2.24) is 9.71 Å². The van der Waals surface area contributed by atoms with Gasteiger partial charge in [-0.25, -0.2) is 18.1 Å². The molecule has 1 unspecified atom stereocenters. The molecule has 100 valence electrons. The predicted molar refractivity (Wildman–Crippen MR) is 72.3 cm³/mol. The van der Waals surface area contributed by atoms with Crippen LogP contribution < -0.4 is 10.5 Å². The number of nitrogens with two attached hydrogens (primary N) is 1. The summed E-state index contributed by atoms with van der Waals surface area (Å²) in [6, 6.07) is -0.00741. The van der Waals surface area contributed by atoms with E-state index in [1.54, 1.807) is 13.8 Å². The quantitative estimate of drug-likeness (QED) is 0.855. The minimum absolute atomic E-state index is 0. The van der Waals surface area contributed by atoms with Crippen molar-refractivity contribution in [3.8, 4) is 0 Å². The first kappa shape index (κ1) is 16.8. The molecule has 1 heterocycles. The van der Waals surface area contributed by atoms with Crippen LogP contribution in [-0.2, 0) is 10.0 Å². The summed E-state index contributed by atoms with van der Waals surface area (Å²) in [6.07, 6.45) is 0.621. The Morgan fingerprint density at radius 1 is 1.47 bits per heavy atom. The van der Waals surface area contributed by atoms with Crippen LogP contribution in [0.2, 0.25) is 0 Å². The van der Waals surface area contributed by atoms with Gasteiger partial charge in [0.25, 0.3) is 10.0 Å². The zero-order valence-electron chi connectivity index (χ0n) is 10.1. The third-order valence-electron chi connectivity index (χ3n) is 2.00. The maximum Gasteiger partial charge on any atom is 0.251 e. The van der Waals surface area contributed by atoms with Crippen LogP contribution in [0.15, 0.2) is 4.21 Å². The van der Waals surface area contributed by atoms with Crippen LogP contribution in [0.3, 0.4) is 0 Å². The number of nitrogens with one attached hydrogen (secondary N) is 1. The Kier molecular flexibility index (Phi) is 6.57. The molecule has 0 aliphatic rings. The number of hydrogen-bond acceptors (Lipinski definition) is 5. The SMILES string of the molecule is Cc1nc(C)c(S(=O)(=O)NCCC(C)N)s1.Cl. The van der Waals surface area contributed by atoms with Gasteiger partial charge >= 0.3 is 0 Å². The highest BCUT2D eigenvalue weighted by Gasteiger charge is 2.20. The van der Waals surface area contributed by atoms with Gasteiger partial charge in [0.2, 0.25) is 0 Å². The molecular weight excluding hydrogens is 282 g/mol. The number of nitrogens with zero attached hydrogens (tertiary/aromatic N) is 1. The van der Waals surface area contributed by atoms with Crippen LogP contribution in [0.1, 0.15) is 24.0 Å². The van der Waals surface area contributed by atoms with Crippen LogP contribution in [0.4, 0.5) is 0 Å². The van der Waals surface area contributed by atoms with Gasteiger partial charge in [-0.15, -0.1) is 23.7 Å². The van der Waals surface area contributed by atoms with E-state index in [0.29, 0.717) is 22.9 Å². The van der Waals surface area contributed by atoms with Crippen LogP contribution in [-0.4, -0.2) is 26.0 Å². The van der Waals surface area contributed by atoms with Crippen LogP contribution in [0.25, 0.3) is 0 Å². The Balaban J connectivity index is 0.00000256. The number of thiazole rings is 1. The predicted octanol–water partition coefficient (Wildman–Crippen LogP) is 1.20. The average Bonchev–Trinajstić information content (AvgIpc) is 2.44. The van der Waals surface area contributed by atoms with Crippen molar-refractivity contribution >= 4 is 33.8 Å². The number of hydrogen-bond donors (Lipinski definition) is 2. The van der Waals surface area contributed by atoms with Crippen LogP contribution in [0, 0.1) is 13.8 Å². The number of aryl methyl sites for hydroxylation is 2. The maximum atomic E-state index is 11.9. The zero-order valence-corrected chi connectivity index (χ0v) is 12.5. The lowest BCUT2D eigenvalue weighted by atomic mass is 10.3. The smallest absolute Gasteiger partial charge is 0.251 e. The third-order valence-corrected chi connectivity index (χ3v) is 5.14. The van der Waals surface area contributed by atoms with Gasteiger partial charge in [-0.2, -0.15) is 0 Å². The Bertz CT molecular complexity index is 457. The summed E-state index contributed by atoms with van der Waals surface area (Å²) in [5.74, 6) is 0. The van der Waals surface area contributed by atoms with Gasteiger partial charge < -0.3 is 5.73 Å². The normalized spacial score (nSPS) is 13.2. The fourth-order valence-corrected chi connectivity index (χ4v) is 3.82. The van der Waals surface area contributed by atoms with Crippen molar-refractivity contribution in [2.45, 2.75) is 37.4 Å². The maximum absolute atomic E-state index is 11.9. The summed E-state index contributed by atoms with van der Waals surface area (Å²) in [5.41, 5.74) is 6.10. The minimum Gasteiger partial charge on any atom is -0.328 e. The molecule has 1 rings (SSSR count). The number of rotatable bonds is 5. The van der Waals surface area contributed by atoms with Crippen LogP contribution in [0.5, 0.6) is 0 Å². The summed E-state index contributed by atoms with van der Waals surface area (Å²) < 4.78 is 26.6. The second-order valence-corrected chi connectivity index (χ2v) is 6.93. The molecule has 8 heteroatoms. The zero-order chi connectivity index (χ0) is 12.3. The molecule has 0 fully saturated rings. The summed E-state index contributed by atoms with van der Waals surface area (Å²) in [4.78, 5) is 4.10. The van der Waals surface area contributed by atoms with Crippen molar-refractivity contribution in [2.75, 3.05) is 6.54 Å². The van der Waals surface area contributed by atoms with Gasteiger partial charge in [0.05, 0.1) is 10.7 Å². The van der Waals surface area contributed by atoms with Gasteiger partial charge in [0.15, 0.2) is 4.21 Å². The van der Waals surface area contributed by atoms with Crippen molar-refractivity contribution < 1.29 is 8.42 Å². The molecular formula is C9H18ClN3O2S2. The molecule has 0 saturated heterocycles. The molecule has 1 aromatic rings. The highest BCUT2D eigenvalue weighted by atomic mass is 35.5. The Hall–Kier alpha value is -0.210. The topological polar surface area (TPSA) is 85.1 Å². The minimum atomic E-state index is -3.42. The summed E-state index contributed by atoms with van der Waals surface area (Å²) in [7, 11) is -3.42. The average molecular weight is 300 g/mol. The molecule has 1 aromatic heterocycles. The number of sulfonamides is 1. The lowest BCUT2D eigenvalue weighted by molar-refractivity contribution is 0.573. The molecule has 1 atom stereocenters. The van der Waals surface area contributed by atoms with Crippen molar-refractivity contribution in [1.29, 1.82) is 0 Å². The molecule has 0 amide bonds. The van der Waals surface area contributed by atoms with E-state index in [-0.39, 0.29) is 18.4 Å². The molecule has 3 N–H and O–H groups in total. The Morgan fingerprint density at radius 3 is 2.47 bits per heavy atom. The standard InChI is InChI=1S/C9H17N3O2S2.ClH/c1-6(10)4-5-11-16(13,14)9-7(2)12-8(3)15-9;/h6,11H,4-5,10H2,1-3H3;1H. The van der Waals surface area contributed by atoms with Gasteiger partial charge in [-0.05, 0) is 27.2 Å². The second-order valence-electron chi connectivity index (χ2n) is 3.77. The first-order valence-electron chi connectivity index (χ1n) is 5.02. The van der Waals surface area contributed by atoms with E-state index in [1.165, 1.54) is 11.3 Å². The number of aromatic nitrogens is 1. The fraction of sp³-hybridized carbons (Fsp3) is 0.667. The van der Waals surface area contributed by atoms with Crippen LogP contribution >= 0.6 is 23.7 Å². The van der Waals surface area contributed by atoms with Crippen molar-refractivity contribution in [3.05, 3.63) is 10.7 Å². The summed E-state index contributed by atoms with van der Waals surface area (Å²) in [6.45, 7) is 5.69. The highest BCUT2D eigenvalue weighted by Crippen LogP contribution is 2.22. The number of halogens is 1. The lowest BCUT2D eigenvalue weighted by Gasteiger charge is -2.07. The van der Waals surface area contributed by atoms with Crippen molar-refractivity contribution in [2.24, 2.45) is 5.73 Å². The molecule has 0 aromatic carbocycles. The summed E-state index contributed by atoms with van der Waals surface area (Å²) >= 11 is 1.19. The molecule has 0 saturated carbocycles. The first-order valence-corrected chi connectivity index (χ1v) is 7.32. The summed E-state index contributed by atoms with van der Waals surface area (Å²) in [5, 5.41) is 0.755. The molecule has 5 nitrogen and oxygen atoms in total. The van der Waals surface area contributed by atoms with E-state index in [4.69, 9.17) is 5.73 Å². The van der Waals surface area contributed by atoms with E-state index in [2.05, 4.69) is 9.71 Å². The second kappa shape index (κ2) is 6.65. The molecule has 0 bridgehead atoms. The van der Waals surface area contributed by atoms with Gasteiger partial charge in [-0.3, -0.25) is 0 Å². The van der Waals surface area contributed by atoms with Crippen molar-refractivity contribution in [3.63, 3.8) is 0 Å². The first-order chi connectivity index (χ1) is 7.33. The highest BCUT2D eigenvalue weighted by molar-refractivity contribution is 7.91. The van der Waals surface area contributed by atoms with E-state index in [1.807, 2.05) is 6.92 Å². The van der Waals surface area contributed by atoms with Gasteiger partial charge in [0.1, 0.15) is 0 Å². The van der Waals surface area contributed by atoms with E-state index in [0.717, 1.165) is 5.01 Å². The third kappa shape index (κ3) is 4.89. The van der Waals surface area contributed by atoms with E-state index >= 15 is 0 Å². The molecule has 0 spiro atoms. The lowest BCUT2D eigenvalue weighted by Crippen LogP contribution is -2.28. The largest absolute Gasteiger partial charge is 0.328 e.